The van der Waals surface area contributed by atoms with E-state index in [1.54, 1.807) is 6.07 Å². The van der Waals surface area contributed by atoms with Gasteiger partial charge in [-0.15, -0.1) is 0 Å². The maximum absolute atomic E-state index is 12.6. The molecule has 0 aliphatic carbocycles. The predicted molar refractivity (Wildman–Crippen MR) is 116 cm³/mol. The lowest BCUT2D eigenvalue weighted by molar-refractivity contribution is 0.0693. The average Bonchev–Trinajstić information content (AvgIpc) is 2.98. The molecule has 0 radical (unpaired) electrons. The molecule has 0 bridgehead atoms. The van der Waals surface area contributed by atoms with Gasteiger partial charge in [0.25, 0.3) is 17.7 Å². The zero-order valence-corrected chi connectivity index (χ0v) is 16.8. The van der Waals surface area contributed by atoms with Crippen LogP contribution >= 0.6 is 0 Å². The summed E-state index contributed by atoms with van der Waals surface area (Å²) in [4.78, 5) is 39.9. The van der Waals surface area contributed by atoms with Crippen molar-refractivity contribution in [3.8, 4) is 0 Å². The fourth-order valence-corrected chi connectivity index (χ4v) is 3.45. The molecule has 3 aromatic rings. The van der Waals surface area contributed by atoms with Crippen LogP contribution in [-0.2, 0) is 6.54 Å². The van der Waals surface area contributed by atoms with E-state index in [1.165, 1.54) is 24.7 Å². The standard InChI is InChI=1S/C24H21N3O3/c1-26(15-16-6-4-3-5-7-16)19-11-9-18(10-12-19)25-22(28)17-8-13-20-21(14-17)24(30)27(2)23(20)29/h3-14H,15H2,1-2H3,(H,25,28). The third kappa shape index (κ3) is 3.67. The number of amides is 3. The number of hydrogen-bond acceptors (Lipinski definition) is 4. The minimum absolute atomic E-state index is 0.257. The van der Waals surface area contributed by atoms with Crippen LogP contribution in [0, 0.1) is 0 Å². The van der Waals surface area contributed by atoms with Gasteiger partial charge in [-0.3, -0.25) is 19.3 Å². The van der Waals surface area contributed by atoms with Crippen molar-refractivity contribution >= 4 is 29.1 Å². The van der Waals surface area contributed by atoms with Crippen LogP contribution < -0.4 is 10.2 Å². The Morgan fingerprint density at radius 1 is 0.900 bits per heavy atom. The number of anilines is 2. The molecule has 3 aromatic carbocycles. The Hall–Kier alpha value is -3.93. The summed E-state index contributed by atoms with van der Waals surface area (Å²) < 4.78 is 0. The summed E-state index contributed by atoms with van der Waals surface area (Å²) in [5.74, 6) is -1.08. The van der Waals surface area contributed by atoms with E-state index in [0.717, 1.165) is 17.1 Å². The SMILES string of the molecule is CN1C(=O)c2ccc(C(=O)Nc3ccc(N(C)Cc4ccccc4)cc3)cc2C1=O. The summed E-state index contributed by atoms with van der Waals surface area (Å²) in [6.45, 7) is 0.781. The summed E-state index contributed by atoms with van der Waals surface area (Å²) in [6, 6.07) is 22.3. The molecule has 0 fully saturated rings. The van der Waals surface area contributed by atoms with E-state index in [-0.39, 0.29) is 17.4 Å². The molecule has 1 heterocycles. The molecule has 30 heavy (non-hydrogen) atoms. The largest absolute Gasteiger partial charge is 0.370 e. The van der Waals surface area contributed by atoms with E-state index in [1.807, 2.05) is 49.5 Å². The van der Waals surface area contributed by atoms with Crippen LogP contribution in [0.2, 0.25) is 0 Å². The third-order valence-corrected chi connectivity index (χ3v) is 5.18. The van der Waals surface area contributed by atoms with Crippen molar-refractivity contribution in [1.29, 1.82) is 0 Å². The lowest BCUT2D eigenvalue weighted by Crippen LogP contribution is -2.24. The lowest BCUT2D eigenvalue weighted by Gasteiger charge is -2.20. The average molecular weight is 399 g/mol. The highest BCUT2D eigenvalue weighted by molar-refractivity contribution is 6.22. The molecule has 3 amide bonds. The van der Waals surface area contributed by atoms with Gasteiger partial charge in [0, 0.05) is 37.6 Å². The summed E-state index contributed by atoms with van der Waals surface area (Å²) in [7, 11) is 3.45. The van der Waals surface area contributed by atoms with E-state index in [9.17, 15) is 14.4 Å². The molecule has 0 unspecified atom stereocenters. The first kappa shape index (κ1) is 19.4. The predicted octanol–water partition coefficient (Wildman–Crippen LogP) is 3.80. The minimum Gasteiger partial charge on any atom is -0.370 e. The van der Waals surface area contributed by atoms with Gasteiger partial charge in [0.2, 0.25) is 0 Å². The zero-order valence-electron chi connectivity index (χ0n) is 16.8. The molecule has 0 aromatic heterocycles. The zero-order chi connectivity index (χ0) is 21.3. The first-order chi connectivity index (χ1) is 14.4. The molecule has 0 atom stereocenters. The Morgan fingerprint density at radius 2 is 1.57 bits per heavy atom. The molecule has 1 aliphatic rings. The van der Waals surface area contributed by atoms with E-state index >= 15 is 0 Å². The second-order valence-electron chi connectivity index (χ2n) is 7.27. The highest BCUT2D eigenvalue weighted by atomic mass is 16.2. The van der Waals surface area contributed by atoms with E-state index in [2.05, 4.69) is 22.3 Å². The Morgan fingerprint density at radius 3 is 2.27 bits per heavy atom. The lowest BCUT2D eigenvalue weighted by atomic mass is 10.1. The van der Waals surface area contributed by atoms with Crippen molar-refractivity contribution in [3.63, 3.8) is 0 Å². The number of carbonyl (C=O) groups excluding carboxylic acids is 3. The van der Waals surface area contributed by atoms with Crippen molar-refractivity contribution in [2.24, 2.45) is 0 Å². The van der Waals surface area contributed by atoms with E-state index in [4.69, 9.17) is 0 Å². The van der Waals surface area contributed by atoms with Gasteiger partial charge in [0.1, 0.15) is 0 Å². The Balaban J connectivity index is 1.44. The molecule has 6 nitrogen and oxygen atoms in total. The monoisotopic (exact) mass is 399 g/mol. The number of carbonyl (C=O) groups is 3. The van der Waals surface area contributed by atoms with Gasteiger partial charge in [-0.1, -0.05) is 30.3 Å². The van der Waals surface area contributed by atoms with Crippen molar-refractivity contribution < 1.29 is 14.4 Å². The van der Waals surface area contributed by atoms with Crippen LogP contribution in [0.4, 0.5) is 11.4 Å². The highest BCUT2D eigenvalue weighted by Gasteiger charge is 2.33. The normalized spacial score (nSPS) is 12.7. The molecule has 4 rings (SSSR count). The number of fused-ring (bicyclic) bond motifs is 1. The fourth-order valence-electron chi connectivity index (χ4n) is 3.45. The molecule has 150 valence electrons. The number of nitrogens with one attached hydrogen (secondary N) is 1. The minimum atomic E-state index is -0.393. The van der Waals surface area contributed by atoms with Gasteiger partial charge in [-0.2, -0.15) is 0 Å². The quantitative estimate of drug-likeness (QED) is 0.663. The first-order valence-corrected chi connectivity index (χ1v) is 9.57. The Labute approximate surface area is 174 Å². The van der Waals surface area contributed by atoms with Crippen LogP contribution in [-0.4, -0.2) is 36.7 Å². The number of nitrogens with zero attached hydrogens (tertiary/aromatic N) is 2. The Bertz CT molecular complexity index is 1120. The van der Waals surface area contributed by atoms with Gasteiger partial charge in [-0.25, -0.2) is 0 Å². The summed E-state index contributed by atoms with van der Waals surface area (Å²) in [5.41, 5.74) is 3.81. The van der Waals surface area contributed by atoms with Gasteiger partial charge in [0.15, 0.2) is 0 Å². The number of imide groups is 1. The summed E-state index contributed by atoms with van der Waals surface area (Å²) in [5, 5.41) is 2.84. The number of benzene rings is 3. The van der Waals surface area contributed by atoms with Crippen molar-refractivity contribution in [3.05, 3.63) is 95.1 Å². The summed E-state index contributed by atoms with van der Waals surface area (Å²) >= 11 is 0. The van der Waals surface area contributed by atoms with Gasteiger partial charge >= 0.3 is 0 Å². The van der Waals surface area contributed by atoms with Crippen molar-refractivity contribution in [2.45, 2.75) is 6.54 Å². The second-order valence-corrected chi connectivity index (χ2v) is 7.27. The smallest absolute Gasteiger partial charge is 0.261 e. The molecule has 0 spiro atoms. The highest BCUT2D eigenvalue weighted by Crippen LogP contribution is 2.24. The topological polar surface area (TPSA) is 69.7 Å². The van der Waals surface area contributed by atoms with E-state index < -0.39 is 5.91 Å². The van der Waals surface area contributed by atoms with Crippen molar-refractivity contribution in [1.82, 2.24) is 4.90 Å². The molecule has 6 heteroatoms. The molecular weight excluding hydrogens is 378 g/mol. The first-order valence-electron chi connectivity index (χ1n) is 9.57. The molecular formula is C24H21N3O3. The maximum Gasteiger partial charge on any atom is 0.261 e. The Kier molecular flexibility index (Phi) is 5.06. The van der Waals surface area contributed by atoms with Gasteiger partial charge in [-0.05, 0) is 48.0 Å². The molecule has 1 aliphatic heterocycles. The molecule has 0 saturated heterocycles. The molecule has 1 N–H and O–H groups in total. The number of rotatable bonds is 5. The van der Waals surface area contributed by atoms with Crippen LogP contribution in [0.3, 0.4) is 0 Å². The van der Waals surface area contributed by atoms with Gasteiger partial charge in [0.05, 0.1) is 11.1 Å². The third-order valence-electron chi connectivity index (χ3n) is 5.18. The van der Waals surface area contributed by atoms with Gasteiger partial charge < -0.3 is 10.2 Å². The van der Waals surface area contributed by atoms with E-state index in [0.29, 0.717) is 16.8 Å². The second kappa shape index (κ2) is 7.83. The fraction of sp³-hybridized carbons (Fsp3) is 0.125. The summed E-state index contributed by atoms with van der Waals surface area (Å²) in [6.07, 6.45) is 0. The maximum atomic E-state index is 12.6. The number of hydrogen-bond donors (Lipinski definition) is 1. The van der Waals surface area contributed by atoms with Crippen LogP contribution in [0.5, 0.6) is 0 Å². The van der Waals surface area contributed by atoms with Crippen LogP contribution in [0.25, 0.3) is 0 Å². The van der Waals surface area contributed by atoms with Crippen LogP contribution in [0.1, 0.15) is 36.6 Å². The molecule has 0 saturated carbocycles. The van der Waals surface area contributed by atoms with Crippen LogP contribution in [0.15, 0.2) is 72.8 Å². The van der Waals surface area contributed by atoms with Crippen molar-refractivity contribution in [2.75, 3.05) is 24.3 Å².